The molecular formula is C22H27ClN4O. The molecule has 28 heavy (non-hydrogen) atoms. The Kier molecular flexibility index (Phi) is 5.44. The molecular weight excluding hydrogens is 372 g/mol. The van der Waals surface area contributed by atoms with E-state index in [-0.39, 0.29) is 6.03 Å². The van der Waals surface area contributed by atoms with Crippen LogP contribution in [0.2, 0.25) is 5.02 Å². The quantitative estimate of drug-likeness (QED) is 0.747. The summed E-state index contributed by atoms with van der Waals surface area (Å²) in [7, 11) is 1.86. The Hall–Kier alpha value is -2.27. The zero-order valence-electron chi connectivity index (χ0n) is 16.6. The van der Waals surface area contributed by atoms with Gasteiger partial charge in [0.2, 0.25) is 0 Å². The van der Waals surface area contributed by atoms with E-state index in [0.29, 0.717) is 6.04 Å². The second-order valence-corrected chi connectivity index (χ2v) is 8.08. The zero-order valence-corrected chi connectivity index (χ0v) is 17.3. The van der Waals surface area contributed by atoms with Gasteiger partial charge in [0.15, 0.2) is 0 Å². The minimum atomic E-state index is 0.127. The summed E-state index contributed by atoms with van der Waals surface area (Å²) in [5.74, 6) is 1.05. The fraction of sp³-hybridized carbons (Fsp3) is 0.455. The third-order valence-corrected chi connectivity index (χ3v) is 6.20. The number of carbonyl (C=O) groups excluding carboxylic acids is 1. The van der Waals surface area contributed by atoms with E-state index >= 15 is 0 Å². The number of benzene rings is 1. The number of hydrogen-bond donors (Lipinski definition) is 0. The Labute approximate surface area is 171 Å². The number of amides is 2. The highest BCUT2D eigenvalue weighted by atomic mass is 35.5. The summed E-state index contributed by atoms with van der Waals surface area (Å²) in [6.45, 7) is 4.29. The Bertz CT molecular complexity index is 863. The number of aromatic nitrogens is 1. The van der Waals surface area contributed by atoms with E-state index in [0.717, 1.165) is 56.2 Å². The summed E-state index contributed by atoms with van der Waals surface area (Å²) in [4.78, 5) is 23.4. The molecule has 6 heteroatoms. The fourth-order valence-corrected chi connectivity index (χ4v) is 4.47. The Morgan fingerprint density at radius 3 is 2.71 bits per heavy atom. The van der Waals surface area contributed by atoms with E-state index in [9.17, 15) is 4.79 Å². The summed E-state index contributed by atoms with van der Waals surface area (Å²) < 4.78 is 0. The normalized spacial score (nSPS) is 17.0. The van der Waals surface area contributed by atoms with E-state index in [4.69, 9.17) is 16.6 Å². The van der Waals surface area contributed by atoms with E-state index in [1.165, 1.54) is 16.8 Å². The number of nitrogens with zero attached hydrogens (tertiary/aromatic N) is 4. The summed E-state index contributed by atoms with van der Waals surface area (Å²) in [5, 5.41) is 0.778. The van der Waals surface area contributed by atoms with Crippen molar-refractivity contribution in [3.8, 4) is 0 Å². The van der Waals surface area contributed by atoms with Crippen LogP contribution < -0.4 is 4.90 Å². The van der Waals surface area contributed by atoms with Crippen LogP contribution in [0.15, 0.2) is 36.5 Å². The van der Waals surface area contributed by atoms with Crippen molar-refractivity contribution in [2.24, 2.45) is 0 Å². The number of piperidine rings is 1. The van der Waals surface area contributed by atoms with Gasteiger partial charge < -0.3 is 14.7 Å². The Morgan fingerprint density at radius 2 is 1.96 bits per heavy atom. The number of carbonyl (C=O) groups is 1. The molecule has 0 aliphatic carbocycles. The number of aryl methyl sites for hydroxylation is 2. The molecule has 0 saturated carbocycles. The first-order valence-electron chi connectivity index (χ1n) is 10.1. The lowest BCUT2D eigenvalue weighted by Crippen LogP contribution is -2.49. The summed E-state index contributed by atoms with van der Waals surface area (Å²) in [6, 6.07) is 10.8. The molecule has 2 aliphatic rings. The maximum atomic E-state index is 12.5. The summed E-state index contributed by atoms with van der Waals surface area (Å²) in [6.07, 6.45) is 5.67. The highest BCUT2D eigenvalue weighted by molar-refractivity contribution is 6.30. The molecule has 1 saturated heterocycles. The monoisotopic (exact) mass is 398 g/mol. The molecule has 1 aromatic carbocycles. The van der Waals surface area contributed by atoms with Gasteiger partial charge in [0.1, 0.15) is 5.82 Å². The van der Waals surface area contributed by atoms with Crippen LogP contribution in [-0.4, -0.2) is 53.5 Å². The third kappa shape index (κ3) is 3.55. The van der Waals surface area contributed by atoms with E-state index in [1.807, 2.05) is 37.2 Å². The number of hydrogen-bond acceptors (Lipinski definition) is 3. The average Bonchev–Trinajstić information content (AvgIpc) is 2.89. The molecule has 2 aliphatic heterocycles. The second-order valence-electron chi connectivity index (χ2n) is 7.64. The number of rotatable bonds is 2. The molecule has 0 atom stereocenters. The minimum absolute atomic E-state index is 0.127. The van der Waals surface area contributed by atoms with Gasteiger partial charge in [0, 0.05) is 49.6 Å². The molecule has 2 amide bonds. The lowest BCUT2D eigenvalue weighted by atomic mass is 10.0. The number of pyridine rings is 1. The van der Waals surface area contributed by atoms with Gasteiger partial charge in [-0.25, -0.2) is 9.78 Å². The lowest BCUT2D eigenvalue weighted by Gasteiger charge is -2.40. The van der Waals surface area contributed by atoms with Crippen molar-refractivity contribution in [3.63, 3.8) is 0 Å². The molecule has 0 N–H and O–H groups in total. The average molecular weight is 399 g/mol. The molecule has 1 aromatic heterocycles. The van der Waals surface area contributed by atoms with Gasteiger partial charge >= 0.3 is 6.03 Å². The van der Waals surface area contributed by atoms with Crippen LogP contribution in [0.3, 0.4) is 0 Å². The van der Waals surface area contributed by atoms with Gasteiger partial charge in [-0.15, -0.1) is 0 Å². The molecule has 0 bridgehead atoms. The van der Waals surface area contributed by atoms with Gasteiger partial charge in [-0.3, -0.25) is 0 Å². The van der Waals surface area contributed by atoms with Crippen LogP contribution in [0.25, 0.3) is 0 Å². The highest BCUT2D eigenvalue weighted by Gasteiger charge is 2.32. The van der Waals surface area contributed by atoms with Crippen molar-refractivity contribution in [2.75, 3.05) is 31.6 Å². The van der Waals surface area contributed by atoms with Crippen molar-refractivity contribution in [2.45, 2.75) is 38.6 Å². The number of urea groups is 1. The third-order valence-electron chi connectivity index (χ3n) is 5.96. The number of anilines is 2. The maximum Gasteiger partial charge on any atom is 0.319 e. The van der Waals surface area contributed by atoms with Crippen LogP contribution in [-0.2, 0) is 12.8 Å². The topological polar surface area (TPSA) is 39.7 Å². The van der Waals surface area contributed by atoms with E-state index in [1.54, 1.807) is 4.90 Å². The van der Waals surface area contributed by atoms with Crippen molar-refractivity contribution in [1.29, 1.82) is 0 Å². The van der Waals surface area contributed by atoms with Crippen LogP contribution in [0, 0.1) is 0 Å². The van der Waals surface area contributed by atoms with Crippen molar-refractivity contribution in [1.82, 2.24) is 14.8 Å². The first-order chi connectivity index (χ1) is 13.6. The first-order valence-corrected chi connectivity index (χ1v) is 10.5. The van der Waals surface area contributed by atoms with E-state index < -0.39 is 0 Å². The van der Waals surface area contributed by atoms with Crippen LogP contribution in [0.5, 0.6) is 0 Å². The van der Waals surface area contributed by atoms with Crippen molar-refractivity contribution in [3.05, 3.63) is 52.7 Å². The van der Waals surface area contributed by atoms with Gasteiger partial charge in [0.25, 0.3) is 0 Å². The van der Waals surface area contributed by atoms with Gasteiger partial charge in [-0.2, -0.15) is 0 Å². The zero-order chi connectivity index (χ0) is 19.7. The first kappa shape index (κ1) is 19.1. The largest absolute Gasteiger partial charge is 0.328 e. The smallest absolute Gasteiger partial charge is 0.319 e. The lowest BCUT2D eigenvalue weighted by molar-refractivity contribution is 0.151. The molecule has 5 nitrogen and oxygen atoms in total. The predicted octanol–water partition coefficient (Wildman–Crippen LogP) is 4.51. The van der Waals surface area contributed by atoms with Crippen LogP contribution in [0.4, 0.5) is 16.3 Å². The maximum absolute atomic E-state index is 12.5. The number of fused-ring (bicyclic) bond motifs is 2. The van der Waals surface area contributed by atoms with Crippen LogP contribution in [0.1, 0.15) is 30.9 Å². The Morgan fingerprint density at radius 1 is 1.21 bits per heavy atom. The summed E-state index contributed by atoms with van der Waals surface area (Å²) >= 11 is 6.29. The van der Waals surface area contributed by atoms with Crippen LogP contribution >= 0.6 is 11.6 Å². The SMILES string of the molecule is CCN(C)C(=O)N1CCC(N2c3ccc(Cl)cc3CCc3cccnc32)CC1. The van der Waals surface area contributed by atoms with Crippen molar-refractivity contribution < 1.29 is 4.79 Å². The standard InChI is InChI=1S/C22H27ClN4O/c1-3-25(2)22(28)26-13-10-19(11-14-26)27-20-9-8-18(23)15-17(20)7-6-16-5-4-12-24-21(16)27/h4-5,8-9,12,15,19H,3,6-7,10-11,13-14H2,1-2H3. The fourth-order valence-electron chi connectivity index (χ4n) is 4.28. The molecule has 148 valence electrons. The van der Waals surface area contributed by atoms with Gasteiger partial charge in [-0.1, -0.05) is 17.7 Å². The number of halogens is 1. The molecule has 0 radical (unpaired) electrons. The number of likely N-dealkylation sites (tertiary alicyclic amines) is 1. The molecule has 2 aromatic rings. The Balaban J connectivity index is 1.63. The van der Waals surface area contributed by atoms with Gasteiger partial charge in [0.05, 0.1) is 0 Å². The molecule has 4 rings (SSSR count). The summed E-state index contributed by atoms with van der Waals surface area (Å²) in [5.41, 5.74) is 3.76. The highest BCUT2D eigenvalue weighted by Crippen LogP contribution is 2.39. The van der Waals surface area contributed by atoms with E-state index in [2.05, 4.69) is 23.1 Å². The van der Waals surface area contributed by atoms with Gasteiger partial charge in [-0.05, 0) is 68.0 Å². The predicted molar refractivity (Wildman–Crippen MR) is 114 cm³/mol. The van der Waals surface area contributed by atoms with Crippen molar-refractivity contribution >= 4 is 29.1 Å². The second kappa shape index (κ2) is 8.00. The minimum Gasteiger partial charge on any atom is -0.328 e. The molecule has 0 unspecified atom stereocenters. The molecule has 1 fully saturated rings. The molecule has 0 spiro atoms. The molecule has 3 heterocycles.